The molecule has 4 N–H and O–H groups in total. The molecular formula is C17H34N2O4. The van der Waals surface area contributed by atoms with Crippen LogP contribution in [-0.4, -0.2) is 45.3 Å². The van der Waals surface area contributed by atoms with E-state index in [2.05, 4.69) is 10.6 Å². The van der Waals surface area contributed by atoms with Gasteiger partial charge in [0.25, 0.3) is 0 Å². The van der Waals surface area contributed by atoms with Gasteiger partial charge in [-0.05, 0) is 39.5 Å². The molecule has 0 bridgehead atoms. The first kappa shape index (κ1) is 21.9. The molecule has 2 atom stereocenters. The van der Waals surface area contributed by atoms with Crippen molar-refractivity contribution >= 4 is 11.8 Å². The van der Waals surface area contributed by atoms with Crippen molar-refractivity contribution in [3.8, 4) is 0 Å². The van der Waals surface area contributed by atoms with Gasteiger partial charge >= 0.3 is 0 Å². The Morgan fingerprint density at radius 1 is 0.783 bits per heavy atom. The largest absolute Gasteiger partial charge is 0.388 e. The first-order valence-corrected chi connectivity index (χ1v) is 8.19. The van der Waals surface area contributed by atoms with Crippen LogP contribution in [0.25, 0.3) is 0 Å². The summed E-state index contributed by atoms with van der Waals surface area (Å²) in [6, 6.07) is -0.893. The minimum Gasteiger partial charge on any atom is -0.388 e. The molecule has 136 valence electrons. The van der Waals surface area contributed by atoms with Gasteiger partial charge in [-0.15, -0.1) is 0 Å². The van der Waals surface area contributed by atoms with Crippen LogP contribution in [-0.2, 0) is 9.59 Å². The summed E-state index contributed by atoms with van der Waals surface area (Å²) in [5, 5.41) is 25.6. The summed E-state index contributed by atoms with van der Waals surface area (Å²) in [5.41, 5.74) is -2.15. The minimum absolute atomic E-state index is 0.0294. The quantitative estimate of drug-likeness (QED) is 0.503. The molecule has 0 heterocycles. The predicted octanol–water partition coefficient (Wildman–Crippen LogP) is 1.20. The van der Waals surface area contributed by atoms with Crippen molar-refractivity contribution in [1.29, 1.82) is 0 Å². The van der Waals surface area contributed by atoms with Crippen molar-refractivity contribution < 1.29 is 19.8 Å². The van der Waals surface area contributed by atoms with Crippen molar-refractivity contribution in [3.63, 3.8) is 0 Å². The number of aliphatic hydroxyl groups is 2. The van der Waals surface area contributed by atoms with Crippen LogP contribution in [0.3, 0.4) is 0 Å². The summed E-state index contributed by atoms with van der Waals surface area (Å²) < 4.78 is 0. The molecule has 0 fully saturated rings. The highest BCUT2D eigenvalue weighted by atomic mass is 16.3. The number of carbonyl (C=O) groups excluding carboxylic acids is 2. The zero-order valence-corrected chi connectivity index (χ0v) is 15.7. The van der Waals surface area contributed by atoms with Crippen molar-refractivity contribution in [2.24, 2.45) is 11.8 Å². The van der Waals surface area contributed by atoms with Crippen LogP contribution < -0.4 is 10.6 Å². The first-order chi connectivity index (χ1) is 10.2. The Bertz CT molecular complexity index is 368. The van der Waals surface area contributed by atoms with Gasteiger partial charge < -0.3 is 20.8 Å². The molecule has 0 aromatic heterocycles. The summed E-state index contributed by atoms with van der Waals surface area (Å²) in [6.45, 7) is 14.1. The van der Waals surface area contributed by atoms with E-state index in [1.165, 1.54) is 0 Å². The Morgan fingerprint density at radius 3 is 1.22 bits per heavy atom. The molecule has 0 radical (unpaired) electrons. The Kier molecular flexibility index (Phi) is 7.70. The maximum Gasteiger partial charge on any atom is 0.229 e. The Labute approximate surface area is 140 Å². The Balaban J connectivity index is 4.75. The van der Waals surface area contributed by atoms with Gasteiger partial charge in [-0.3, -0.25) is 9.59 Å². The number of amides is 2. The van der Waals surface area contributed by atoms with Crippen molar-refractivity contribution in [2.75, 3.05) is 0 Å². The van der Waals surface area contributed by atoms with E-state index in [-0.39, 0.29) is 18.3 Å². The number of carbonyl (C=O) groups is 2. The predicted molar refractivity (Wildman–Crippen MR) is 90.8 cm³/mol. The van der Waals surface area contributed by atoms with Gasteiger partial charge in [0, 0.05) is 0 Å². The molecule has 0 rings (SSSR count). The van der Waals surface area contributed by atoms with Gasteiger partial charge in [-0.2, -0.15) is 0 Å². The lowest BCUT2D eigenvalue weighted by molar-refractivity contribution is -0.133. The topological polar surface area (TPSA) is 98.7 Å². The van der Waals surface area contributed by atoms with Gasteiger partial charge in [-0.25, -0.2) is 0 Å². The lowest BCUT2D eigenvalue weighted by Crippen LogP contribution is -2.55. The van der Waals surface area contributed by atoms with E-state index in [4.69, 9.17) is 0 Å². The second-order valence-corrected chi connectivity index (χ2v) is 8.06. The average Bonchev–Trinajstić information content (AvgIpc) is 2.29. The number of hydrogen-bond acceptors (Lipinski definition) is 4. The van der Waals surface area contributed by atoms with Crippen LogP contribution >= 0.6 is 0 Å². The summed E-state index contributed by atoms with van der Waals surface area (Å²) in [5.74, 6) is -0.827. The molecule has 0 saturated heterocycles. The van der Waals surface area contributed by atoms with E-state index in [0.717, 1.165) is 0 Å². The third kappa shape index (κ3) is 7.79. The molecule has 6 nitrogen and oxygen atoms in total. The molecule has 0 spiro atoms. The highest BCUT2D eigenvalue weighted by Gasteiger charge is 2.33. The third-order valence-electron chi connectivity index (χ3n) is 3.81. The van der Waals surface area contributed by atoms with Crippen LogP contribution in [0.1, 0.15) is 61.8 Å². The van der Waals surface area contributed by atoms with E-state index in [0.29, 0.717) is 0 Å². The molecule has 0 aromatic carbocycles. The fraction of sp³-hybridized carbons (Fsp3) is 0.882. The summed E-state index contributed by atoms with van der Waals surface area (Å²) in [4.78, 5) is 24.1. The van der Waals surface area contributed by atoms with Crippen molar-refractivity contribution in [3.05, 3.63) is 0 Å². The van der Waals surface area contributed by atoms with Crippen LogP contribution in [0.15, 0.2) is 0 Å². The molecule has 2 amide bonds. The van der Waals surface area contributed by atoms with Gasteiger partial charge in [0.1, 0.15) is 6.42 Å². The van der Waals surface area contributed by atoms with Gasteiger partial charge in [-0.1, -0.05) is 27.7 Å². The molecule has 0 saturated carbocycles. The normalized spacial score (nSPS) is 15.5. The van der Waals surface area contributed by atoms with Crippen LogP contribution in [0.2, 0.25) is 0 Å². The Hall–Kier alpha value is -1.14. The first-order valence-electron chi connectivity index (χ1n) is 8.19. The lowest BCUT2D eigenvalue weighted by Gasteiger charge is -2.34. The zero-order valence-electron chi connectivity index (χ0n) is 15.7. The third-order valence-corrected chi connectivity index (χ3v) is 3.81. The lowest BCUT2D eigenvalue weighted by atomic mass is 9.88. The van der Waals surface area contributed by atoms with Crippen LogP contribution in [0.5, 0.6) is 0 Å². The van der Waals surface area contributed by atoms with Gasteiger partial charge in [0.05, 0.1) is 23.3 Å². The van der Waals surface area contributed by atoms with Crippen LogP contribution in [0, 0.1) is 11.8 Å². The van der Waals surface area contributed by atoms with E-state index < -0.39 is 35.1 Å². The zero-order chi connectivity index (χ0) is 18.6. The highest BCUT2D eigenvalue weighted by Crippen LogP contribution is 2.18. The highest BCUT2D eigenvalue weighted by molar-refractivity contribution is 5.97. The minimum atomic E-state index is -1.08. The summed E-state index contributed by atoms with van der Waals surface area (Å²) in [6.07, 6.45) is -0.335. The Morgan fingerprint density at radius 2 is 1.04 bits per heavy atom. The van der Waals surface area contributed by atoms with E-state index in [1.54, 1.807) is 27.7 Å². The standard InChI is InChI=1S/C17H34N2O4/c1-10(2)14(16(5,6)22)18-12(20)9-13(21)19-15(11(3)4)17(7,8)23/h10-11,14-15,22-23H,9H2,1-8H3,(H,18,20)(H,19,21). The molecule has 0 aliphatic carbocycles. The molecule has 0 aliphatic rings. The van der Waals surface area contributed by atoms with Crippen LogP contribution in [0.4, 0.5) is 0 Å². The molecule has 6 heteroatoms. The summed E-state index contributed by atoms with van der Waals surface area (Å²) in [7, 11) is 0. The fourth-order valence-electron chi connectivity index (χ4n) is 2.91. The summed E-state index contributed by atoms with van der Waals surface area (Å²) >= 11 is 0. The molecular weight excluding hydrogens is 296 g/mol. The maximum atomic E-state index is 12.1. The monoisotopic (exact) mass is 330 g/mol. The molecule has 0 aliphatic heterocycles. The molecule has 0 aromatic rings. The maximum absolute atomic E-state index is 12.1. The molecule has 23 heavy (non-hydrogen) atoms. The van der Waals surface area contributed by atoms with E-state index >= 15 is 0 Å². The number of rotatable bonds is 8. The number of nitrogens with one attached hydrogen (secondary N) is 2. The fourth-order valence-corrected chi connectivity index (χ4v) is 2.91. The number of hydrogen-bond donors (Lipinski definition) is 4. The second kappa shape index (κ2) is 8.11. The van der Waals surface area contributed by atoms with Gasteiger partial charge in [0.2, 0.25) is 11.8 Å². The average molecular weight is 330 g/mol. The second-order valence-electron chi connectivity index (χ2n) is 8.06. The van der Waals surface area contributed by atoms with Crippen molar-refractivity contribution in [1.82, 2.24) is 10.6 Å². The van der Waals surface area contributed by atoms with Gasteiger partial charge in [0.15, 0.2) is 0 Å². The smallest absolute Gasteiger partial charge is 0.229 e. The van der Waals surface area contributed by atoms with E-state index in [9.17, 15) is 19.8 Å². The van der Waals surface area contributed by atoms with E-state index in [1.807, 2.05) is 27.7 Å². The SMILES string of the molecule is CC(C)C(NC(=O)CC(=O)NC(C(C)C)C(C)(C)O)C(C)(C)O. The van der Waals surface area contributed by atoms with Crippen molar-refractivity contribution in [2.45, 2.75) is 85.1 Å². The molecule has 2 unspecified atom stereocenters.